The second-order valence-corrected chi connectivity index (χ2v) is 7.41. The quantitative estimate of drug-likeness (QED) is 0.865. The van der Waals surface area contributed by atoms with Crippen LogP contribution in [0.4, 0.5) is 10.5 Å². The van der Waals surface area contributed by atoms with Gasteiger partial charge in [0.1, 0.15) is 18.5 Å². The minimum Gasteiger partial charge on any atom is -0.343 e. The number of hydrogen-bond donors (Lipinski definition) is 1. The number of benzene rings is 1. The summed E-state index contributed by atoms with van der Waals surface area (Å²) in [7, 11) is 1.78. The molecule has 1 aromatic carbocycles. The molecular weight excluding hydrogens is 330 g/mol. The van der Waals surface area contributed by atoms with Gasteiger partial charge in [-0.2, -0.15) is 0 Å². The first-order valence-electron chi connectivity index (χ1n) is 9.38. The lowest BCUT2D eigenvalue weighted by Crippen LogP contribution is -2.66. The highest BCUT2D eigenvalue weighted by Crippen LogP contribution is 2.34. The highest BCUT2D eigenvalue weighted by atomic mass is 16.2. The Kier molecular flexibility index (Phi) is 4.16. The van der Waals surface area contributed by atoms with Crippen molar-refractivity contribution in [1.29, 1.82) is 0 Å². The van der Waals surface area contributed by atoms with Crippen molar-refractivity contribution in [2.45, 2.75) is 45.7 Å². The van der Waals surface area contributed by atoms with Gasteiger partial charge in [-0.25, -0.2) is 4.79 Å². The lowest BCUT2D eigenvalue weighted by Gasteiger charge is -2.44. The van der Waals surface area contributed by atoms with Gasteiger partial charge in [0.15, 0.2) is 0 Å². The summed E-state index contributed by atoms with van der Waals surface area (Å²) in [6.07, 6.45) is 0.634. The Morgan fingerprint density at radius 3 is 2.69 bits per heavy atom. The van der Waals surface area contributed by atoms with Crippen LogP contribution in [0, 0.1) is 13.8 Å². The van der Waals surface area contributed by atoms with Gasteiger partial charge < -0.3 is 9.80 Å². The van der Waals surface area contributed by atoms with E-state index in [1.165, 1.54) is 21.7 Å². The van der Waals surface area contributed by atoms with Gasteiger partial charge in [-0.05, 0) is 44.4 Å². The average molecular weight is 357 g/mol. The van der Waals surface area contributed by atoms with Crippen LogP contribution < -0.4 is 10.2 Å². The number of urea groups is 1. The van der Waals surface area contributed by atoms with E-state index in [0.29, 0.717) is 6.54 Å². The van der Waals surface area contributed by atoms with Gasteiger partial charge >= 0.3 is 6.03 Å². The number of anilines is 1. The first-order chi connectivity index (χ1) is 12.5. The maximum atomic E-state index is 13.0. The molecule has 1 aromatic rings. The van der Waals surface area contributed by atoms with Crippen LogP contribution in [0.1, 0.15) is 24.5 Å². The Bertz CT molecular complexity index is 751. The van der Waals surface area contributed by atoms with E-state index in [-0.39, 0.29) is 30.4 Å². The second-order valence-electron chi connectivity index (χ2n) is 7.41. The first-order valence-corrected chi connectivity index (χ1v) is 9.38. The Hall–Kier alpha value is -2.12. The Morgan fingerprint density at radius 1 is 1.19 bits per heavy atom. The minimum atomic E-state index is -0.324. The standard InChI is InChI=1S/C19H27N5O2/c1-5-22-17(25)15-16(21(4)19(22)26)20-18-23(10-7-11-24(15)18)14-9-6-8-12(2)13(14)3/h6,8-9,15-16,18,20H,5,7,10-11H2,1-4H3. The number of amides is 3. The van der Waals surface area contributed by atoms with Crippen molar-refractivity contribution in [3.05, 3.63) is 29.3 Å². The topological polar surface area (TPSA) is 59.1 Å². The molecular formula is C19H27N5O2. The molecule has 3 aliphatic rings. The summed E-state index contributed by atoms with van der Waals surface area (Å²) >= 11 is 0. The van der Waals surface area contributed by atoms with Crippen molar-refractivity contribution in [1.82, 2.24) is 20.0 Å². The number of carbonyl (C=O) groups is 2. The second kappa shape index (κ2) is 6.25. The molecule has 0 aromatic heterocycles. The number of rotatable bonds is 2. The van der Waals surface area contributed by atoms with E-state index in [1.54, 1.807) is 11.9 Å². The molecule has 3 aliphatic heterocycles. The lowest BCUT2D eigenvalue weighted by molar-refractivity contribution is -0.138. The van der Waals surface area contributed by atoms with Gasteiger partial charge in [0.05, 0.1) is 0 Å². The molecule has 26 heavy (non-hydrogen) atoms. The summed E-state index contributed by atoms with van der Waals surface area (Å²) in [4.78, 5) is 33.1. The number of aryl methyl sites for hydroxylation is 1. The molecule has 140 valence electrons. The molecule has 7 heteroatoms. The molecule has 7 nitrogen and oxygen atoms in total. The molecule has 0 spiro atoms. The number of imide groups is 1. The van der Waals surface area contributed by atoms with Gasteiger partial charge in [-0.3, -0.25) is 19.9 Å². The molecule has 0 saturated carbocycles. The van der Waals surface area contributed by atoms with E-state index in [9.17, 15) is 9.59 Å². The number of hydrogen-bond acceptors (Lipinski definition) is 5. The zero-order valence-corrected chi connectivity index (χ0v) is 15.9. The third kappa shape index (κ3) is 2.34. The fourth-order valence-electron chi connectivity index (χ4n) is 4.50. The number of nitrogens with one attached hydrogen (secondary N) is 1. The smallest absolute Gasteiger partial charge is 0.327 e. The molecule has 3 heterocycles. The Morgan fingerprint density at radius 2 is 1.96 bits per heavy atom. The predicted molar refractivity (Wildman–Crippen MR) is 99.6 cm³/mol. The van der Waals surface area contributed by atoms with Crippen LogP contribution in [0.15, 0.2) is 18.2 Å². The van der Waals surface area contributed by atoms with E-state index in [2.05, 4.69) is 47.2 Å². The molecule has 3 unspecified atom stereocenters. The predicted octanol–water partition coefficient (Wildman–Crippen LogP) is 1.31. The van der Waals surface area contributed by atoms with Gasteiger partial charge in [0, 0.05) is 32.4 Å². The molecule has 3 atom stereocenters. The van der Waals surface area contributed by atoms with Crippen molar-refractivity contribution >= 4 is 17.6 Å². The van der Waals surface area contributed by atoms with Crippen LogP contribution in [0.25, 0.3) is 0 Å². The Labute approximate surface area is 154 Å². The Balaban J connectivity index is 1.70. The number of likely N-dealkylation sites (N-methyl/N-ethyl adjacent to an activating group) is 2. The van der Waals surface area contributed by atoms with Crippen LogP contribution >= 0.6 is 0 Å². The van der Waals surface area contributed by atoms with Crippen LogP contribution in [0.5, 0.6) is 0 Å². The largest absolute Gasteiger partial charge is 0.343 e. The lowest BCUT2D eigenvalue weighted by atomic mass is 10.1. The van der Waals surface area contributed by atoms with E-state index in [1.807, 2.05) is 6.92 Å². The molecule has 3 amide bonds. The highest BCUT2D eigenvalue weighted by Gasteiger charge is 2.55. The highest BCUT2D eigenvalue weighted by molar-refractivity contribution is 6.00. The molecule has 3 saturated heterocycles. The summed E-state index contributed by atoms with van der Waals surface area (Å²) < 4.78 is 0. The van der Waals surface area contributed by atoms with E-state index in [0.717, 1.165) is 19.5 Å². The van der Waals surface area contributed by atoms with Crippen LogP contribution in [0.3, 0.4) is 0 Å². The summed E-state index contributed by atoms with van der Waals surface area (Å²) in [6.45, 7) is 8.31. The van der Waals surface area contributed by atoms with Gasteiger partial charge in [0.25, 0.3) is 5.91 Å². The van der Waals surface area contributed by atoms with E-state index < -0.39 is 0 Å². The maximum absolute atomic E-state index is 13.0. The molecule has 0 aliphatic carbocycles. The summed E-state index contributed by atoms with van der Waals surface area (Å²) in [6, 6.07) is 5.81. The van der Waals surface area contributed by atoms with E-state index >= 15 is 0 Å². The summed E-state index contributed by atoms with van der Waals surface area (Å²) in [5.41, 5.74) is 3.71. The number of carbonyl (C=O) groups excluding carboxylic acids is 2. The third-order valence-corrected chi connectivity index (χ3v) is 6.07. The number of nitrogens with zero attached hydrogens (tertiary/aromatic N) is 4. The molecule has 0 radical (unpaired) electrons. The van der Waals surface area contributed by atoms with Gasteiger partial charge in [-0.1, -0.05) is 12.1 Å². The van der Waals surface area contributed by atoms with Crippen molar-refractivity contribution < 1.29 is 9.59 Å². The van der Waals surface area contributed by atoms with Crippen molar-refractivity contribution in [3.63, 3.8) is 0 Å². The van der Waals surface area contributed by atoms with Crippen LogP contribution in [0.2, 0.25) is 0 Å². The zero-order valence-electron chi connectivity index (χ0n) is 15.9. The first kappa shape index (κ1) is 17.3. The molecule has 4 rings (SSSR count). The zero-order chi connectivity index (χ0) is 18.6. The molecule has 3 fully saturated rings. The number of fused-ring (bicyclic) bond motifs is 3. The normalized spacial score (nSPS) is 29.2. The minimum absolute atomic E-state index is 0.0738. The molecule has 1 N–H and O–H groups in total. The van der Waals surface area contributed by atoms with Crippen LogP contribution in [-0.4, -0.2) is 71.8 Å². The third-order valence-electron chi connectivity index (χ3n) is 6.07. The van der Waals surface area contributed by atoms with Gasteiger partial charge in [0.2, 0.25) is 0 Å². The summed E-state index contributed by atoms with van der Waals surface area (Å²) in [5.74, 6) is -0.0848. The average Bonchev–Trinajstić information content (AvgIpc) is 3.03. The van der Waals surface area contributed by atoms with Gasteiger partial charge in [-0.15, -0.1) is 0 Å². The van der Waals surface area contributed by atoms with Crippen molar-refractivity contribution in [2.24, 2.45) is 0 Å². The SMILES string of the molecule is CCN1C(=O)C2C(NC3N(c4cccc(C)c4C)CCCN23)N(C)C1=O. The fraction of sp³-hybridized carbons (Fsp3) is 0.579. The maximum Gasteiger partial charge on any atom is 0.327 e. The van der Waals surface area contributed by atoms with Crippen LogP contribution in [-0.2, 0) is 4.79 Å². The summed E-state index contributed by atoms with van der Waals surface area (Å²) in [5, 5.41) is 3.55. The van der Waals surface area contributed by atoms with Crippen molar-refractivity contribution in [2.75, 3.05) is 31.6 Å². The van der Waals surface area contributed by atoms with Crippen molar-refractivity contribution in [3.8, 4) is 0 Å². The monoisotopic (exact) mass is 357 g/mol. The van der Waals surface area contributed by atoms with E-state index in [4.69, 9.17) is 0 Å². The molecule has 0 bridgehead atoms. The fourth-order valence-corrected chi connectivity index (χ4v) is 4.50.